The van der Waals surface area contributed by atoms with Gasteiger partial charge in [-0.25, -0.2) is 0 Å². The first-order chi connectivity index (χ1) is 8.63. The zero-order valence-electron chi connectivity index (χ0n) is 10.5. The van der Waals surface area contributed by atoms with Gasteiger partial charge in [-0.05, 0) is 31.2 Å². The molecule has 0 saturated carbocycles. The van der Waals surface area contributed by atoms with Crippen molar-refractivity contribution in [2.75, 3.05) is 19.7 Å². The van der Waals surface area contributed by atoms with Gasteiger partial charge in [-0.3, -0.25) is 0 Å². The van der Waals surface area contributed by atoms with Crippen LogP contribution in [0, 0.1) is 0 Å². The maximum absolute atomic E-state index is 9.70. The van der Waals surface area contributed by atoms with Crippen LogP contribution in [0.3, 0.4) is 0 Å². The molecule has 0 aliphatic rings. The number of halogens is 2. The normalized spacial score (nSPS) is 12.4. The highest BCUT2D eigenvalue weighted by Gasteiger charge is 2.07. The molecule has 0 bridgehead atoms. The van der Waals surface area contributed by atoms with Crippen molar-refractivity contribution in [3.05, 3.63) is 28.2 Å². The lowest BCUT2D eigenvalue weighted by Gasteiger charge is -2.14. The van der Waals surface area contributed by atoms with Crippen LogP contribution in [-0.4, -0.2) is 30.9 Å². The summed E-state index contributed by atoms with van der Waals surface area (Å²) < 4.78 is 5.43. The fourth-order valence-electron chi connectivity index (χ4n) is 1.41. The van der Waals surface area contributed by atoms with E-state index in [1.165, 1.54) is 0 Å². The molecule has 1 aromatic carbocycles. The number of aliphatic hydroxyl groups excluding tert-OH is 1. The standard InChI is InChI=1S/C13H19Cl2NO2/c1-2-3-6-16-8-11(17)9-18-13-5-4-10(14)7-12(13)15/h4-5,7,11,16-17H,2-3,6,8-9H2,1H3. The van der Waals surface area contributed by atoms with Crippen LogP contribution >= 0.6 is 23.2 Å². The van der Waals surface area contributed by atoms with Gasteiger partial charge in [-0.15, -0.1) is 0 Å². The summed E-state index contributed by atoms with van der Waals surface area (Å²) in [5, 5.41) is 13.9. The van der Waals surface area contributed by atoms with Gasteiger partial charge < -0.3 is 15.2 Å². The smallest absolute Gasteiger partial charge is 0.138 e. The Bertz CT molecular complexity index is 361. The van der Waals surface area contributed by atoms with Gasteiger partial charge in [-0.1, -0.05) is 36.5 Å². The molecule has 0 aliphatic heterocycles. The van der Waals surface area contributed by atoms with E-state index >= 15 is 0 Å². The maximum atomic E-state index is 9.70. The summed E-state index contributed by atoms with van der Waals surface area (Å²) in [5.41, 5.74) is 0. The van der Waals surface area contributed by atoms with Crippen LogP contribution in [-0.2, 0) is 0 Å². The van der Waals surface area contributed by atoms with Crippen LogP contribution in [0.2, 0.25) is 10.0 Å². The molecule has 18 heavy (non-hydrogen) atoms. The minimum absolute atomic E-state index is 0.209. The van der Waals surface area contributed by atoms with E-state index in [0.29, 0.717) is 22.3 Å². The van der Waals surface area contributed by atoms with Crippen molar-refractivity contribution < 1.29 is 9.84 Å². The quantitative estimate of drug-likeness (QED) is 0.723. The Labute approximate surface area is 118 Å². The molecule has 1 atom stereocenters. The first-order valence-corrected chi connectivity index (χ1v) is 6.85. The van der Waals surface area contributed by atoms with Gasteiger partial charge in [-0.2, -0.15) is 0 Å². The van der Waals surface area contributed by atoms with Crippen molar-refractivity contribution in [1.82, 2.24) is 5.32 Å². The molecular weight excluding hydrogens is 273 g/mol. The Morgan fingerprint density at radius 1 is 1.39 bits per heavy atom. The van der Waals surface area contributed by atoms with Crippen LogP contribution in [0.4, 0.5) is 0 Å². The van der Waals surface area contributed by atoms with Crippen LogP contribution in [0.1, 0.15) is 19.8 Å². The Hall–Kier alpha value is -0.480. The topological polar surface area (TPSA) is 41.5 Å². The average molecular weight is 292 g/mol. The van der Waals surface area contributed by atoms with E-state index in [1.54, 1.807) is 18.2 Å². The second-order valence-electron chi connectivity index (χ2n) is 4.10. The van der Waals surface area contributed by atoms with E-state index in [2.05, 4.69) is 12.2 Å². The molecule has 0 amide bonds. The second-order valence-corrected chi connectivity index (χ2v) is 4.94. The van der Waals surface area contributed by atoms with E-state index in [4.69, 9.17) is 27.9 Å². The molecule has 0 heterocycles. The molecular formula is C13H19Cl2NO2. The minimum Gasteiger partial charge on any atom is -0.489 e. The number of nitrogens with one attached hydrogen (secondary N) is 1. The molecule has 1 rings (SSSR count). The highest BCUT2D eigenvalue weighted by molar-refractivity contribution is 6.35. The van der Waals surface area contributed by atoms with Gasteiger partial charge in [0.25, 0.3) is 0 Å². The molecule has 3 nitrogen and oxygen atoms in total. The summed E-state index contributed by atoms with van der Waals surface area (Å²) in [6.45, 7) is 3.77. The summed E-state index contributed by atoms with van der Waals surface area (Å²) >= 11 is 11.7. The SMILES string of the molecule is CCCCNCC(O)COc1ccc(Cl)cc1Cl. The second kappa shape index (κ2) is 8.59. The minimum atomic E-state index is -0.548. The van der Waals surface area contributed by atoms with E-state index in [9.17, 15) is 5.11 Å². The molecule has 2 N–H and O–H groups in total. The zero-order chi connectivity index (χ0) is 13.4. The van der Waals surface area contributed by atoms with Crippen LogP contribution < -0.4 is 10.1 Å². The van der Waals surface area contributed by atoms with Gasteiger partial charge in [0.15, 0.2) is 0 Å². The lowest BCUT2D eigenvalue weighted by molar-refractivity contribution is 0.106. The lowest BCUT2D eigenvalue weighted by Crippen LogP contribution is -2.32. The monoisotopic (exact) mass is 291 g/mol. The Kier molecular flexibility index (Phi) is 7.44. The van der Waals surface area contributed by atoms with E-state index < -0.39 is 6.10 Å². The number of benzene rings is 1. The van der Waals surface area contributed by atoms with Crippen molar-refractivity contribution in [2.24, 2.45) is 0 Å². The average Bonchev–Trinajstić information content (AvgIpc) is 2.33. The van der Waals surface area contributed by atoms with Crippen molar-refractivity contribution in [3.63, 3.8) is 0 Å². The van der Waals surface area contributed by atoms with Crippen LogP contribution in [0.15, 0.2) is 18.2 Å². The van der Waals surface area contributed by atoms with Crippen molar-refractivity contribution >= 4 is 23.2 Å². The molecule has 0 aliphatic carbocycles. The third-order valence-corrected chi connectivity index (χ3v) is 2.94. The fraction of sp³-hybridized carbons (Fsp3) is 0.538. The van der Waals surface area contributed by atoms with Crippen LogP contribution in [0.25, 0.3) is 0 Å². The number of aliphatic hydroxyl groups is 1. The number of rotatable bonds is 8. The summed E-state index contributed by atoms with van der Waals surface area (Å²) in [7, 11) is 0. The van der Waals surface area contributed by atoms with Gasteiger partial charge in [0, 0.05) is 11.6 Å². The molecule has 1 aromatic rings. The Morgan fingerprint density at radius 2 is 2.17 bits per heavy atom. The largest absolute Gasteiger partial charge is 0.489 e. The Balaban J connectivity index is 2.27. The van der Waals surface area contributed by atoms with Gasteiger partial charge in [0.2, 0.25) is 0 Å². The zero-order valence-corrected chi connectivity index (χ0v) is 12.0. The van der Waals surface area contributed by atoms with Gasteiger partial charge in [0.05, 0.1) is 5.02 Å². The van der Waals surface area contributed by atoms with E-state index in [0.717, 1.165) is 19.4 Å². The third kappa shape index (κ3) is 5.91. The van der Waals surface area contributed by atoms with Crippen molar-refractivity contribution in [2.45, 2.75) is 25.9 Å². The number of hydrogen-bond acceptors (Lipinski definition) is 3. The predicted molar refractivity (Wildman–Crippen MR) is 75.7 cm³/mol. The van der Waals surface area contributed by atoms with E-state index in [1.807, 2.05) is 0 Å². The summed E-state index contributed by atoms with van der Waals surface area (Å²) in [6, 6.07) is 5.01. The van der Waals surface area contributed by atoms with Crippen LogP contribution in [0.5, 0.6) is 5.75 Å². The van der Waals surface area contributed by atoms with Crippen molar-refractivity contribution in [1.29, 1.82) is 0 Å². The molecule has 0 radical (unpaired) electrons. The summed E-state index contributed by atoms with van der Waals surface area (Å²) in [4.78, 5) is 0. The van der Waals surface area contributed by atoms with E-state index in [-0.39, 0.29) is 6.61 Å². The number of ether oxygens (including phenoxy) is 1. The molecule has 0 spiro atoms. The summed E-state index contributed by atoms with van der Waals surface area (Å²) in [5.74, 6) is 0.536. The molecule has 5 heteroatoms. The molecule has 0 aromatic heterocycles. The third-order valence-electron chi connectivity index (χ3n) is 2.41. The predicted octanol–water partition coefficient (Wildman–Crippen LogP) is 3.12. The Morgan fingerprint density at radius 3 is 2.83 bits per heavy atom. The molecule has 0 fully saturated rings. The number of unbranched alkanes of at least 4 members (excludes halogenated alkanes) is 1. The highest BCUT2D eigenvalue weighted by Crippen LogP contribution is 2.27. The molecule has 0 saturated heterocycles. The fourth-order valence-corrected chi connectivity index (χ4v) is 1.87. The highest BCUT2D eigenvalue weighted by atomic mass is 35.5. The van der Waals surface area contributed by atoms with Gasteiger partial charge >= 0.3 is 0 Å². The number of hydrogen-bond donors (Lipinski definition) is 2. The summed E-state index contributed by atoms with van der Waals surface area (Å²) in [6.07, 6.45) is 1.70. The lowest BCUT2D eigenvalue weighted by atomic mass is 10.3. The first-order valence-electron chi connectivity index (χ1n) is 6.10. The first kappa shape index (κ1) is 15.6. The van der Waals surface area contributed by atoms with Gasteiger partial charge in [0.1, 0.15) is 18.5 Å². The maximum Gasteiger partial charge on any atom is 0.138 e. The van der Waals surface area contributed by atoms with Crippen molar-refractivity contribution in [3.8, 4) is 5.75 Å². The molecule has 1 unspecified atom stereocenters. The molecule has 102 valence electrons.